The summed E-state index contributed by atoms with van der Waals surface area (Å²) in [6.45, 7) is 11.0. The molecule has 0 amide bonds. The number of nitrogens with one attached hydrogen (secondary N) is 1. The molecule has 0 aromatic carbocycles. The Morgan fingerprint density at radius 3 is 2.21 bits per heavy atom. The van der Waals surface area contributed by atoms with Gasteiger partial charge in [0.05, 0.1) is 0 Å². The van der Waals surface area contributed by atoms with Gasteiger partial charge < -0.3 is 5.32 Å². The van der Waals surface area contributed by atoms with Crippen LogP contribution < -0.4 is 5.32 Å². The first-order valence-corrected chi connectivity index (χ1v) is 8.70. The van der Waals surface area contributed by atoms with Crippen LogP contribution in [0.4, 0.5) is 0 Å². The molecule has 4 saturated carbocycles. The Hall–Kier alpha value is -0.0400. The highest BCUT2D eigenvalue weighted by Crippen LogP contribution is 2.66. The minimum Gasteiger partial charge on any atom is -0.313 e. The largest absolute Gasteiger partial charge is 0.313 e. The normalized spacial score (nSPS) is 45.9. The second-order valence-corrected chi connectivity index (χ2v) is 8.81. The molecular formula is C18H33N. The lowest BCUT2D eigenvalue weighted by molar-refractivity contribution is -0.124. The molecule has 0 radical (unpaired) electrons. The maximum atomic E-state index is 3.94. The molecule has 19 heavy (non-hydrogen) atoms. The molecule has 0 aromatic heterocycles. The Balaban J connectivity index is 1.84. The molecule has 110 valence electrons. The summed E-state index contributed by atoms with van der Waals surface area (Å²) in [6, 6.07) is 0.762. The fourth-order valence-corrected chi connectivity index (χ4v) is 6.62. The topological polar surface area (TPSA) is 12.0 Å². The maximum absolute atomic E-state index is 3.94. The second kappa shape index (κ2) is 4.76. The van der Waals surface area contributed by atoms with Crippen molar-refractivity contribution in [1.82, 2.24) is 5.32 Å². The average Bonchev–Trinajstić information content (AvgIpc) is 2.24. The van der Waals surface area contributed by atoms with Crippen LogP contribution in [0.25, 0.3) is 0 Å². The fourth-order valence-electron chi connectivity index (χ4n) is 6.62. The third-order valence-electron chi connectivity index (χ3n) is 6.34. The molecule has 1 N–H and O–H groups in total. The second-order valence-electron chi connectivity index (χ2n) is 8.81. The smallest absolute Gasteiger partial charge is 0.0147 e. The molecule has 0 aliphatic heterocycles. The van der Waals surface area contributed by atoms with E-state index < -0.39 is 0 Å². The van der Waals surface area contributed by atoms with Crippen molar-refractivity contribution in [2.24, 2.45) is 28.6 Å². The van der Waals surface area contributed by atoms with E-state index in [0.717, 1.165) is 23.8 Å². The van der Waals surface area contributed by atoms with Crippen molar-refractivity contribution >= 4 is 0 Å². The van der Waals surface area contributed by atoms with Crippen LogP contribution in [-0.4, -0.2) is 12.6 Å². The van der Waals surface area contributed by atoms with E-state index in [1.807, 2.05) is 0 Å². The lowest BCUT2D eigenvalue weighted by Gasteiger charge is -2.64. The Morgan fingerprint density at radius 2 is 1.74 bits per heavy atom. The van der Waals surface area contributed by atoms with Crippen molar-refractivity contribution in [2.45, 2.75) is 78.7 Å². The zero-order valence-corrected chi connectivity index (χ0v) is 13.5. The van der Waals surface area contributed by atoms with Crippen molar-refractivity contribution < 1.29 is 0 Å². The van der Waals surface area contributed by atoms with Crippen LogP contribution in [0, 0.1) is 28.6 Å². The molecule has 4 aliphatic carbocycles. The van der Waals surface area contributed by atoms with Gasteiger partial charge in [-0.2, -0.15) is 0 Å². The molecule has 0 spiro atoms. The highest BCUT2D eigenvalue weighted by Gasteiger charge is 2.58. The van der Waals surface area contributed by atoms with Gasteiger partial charge in [0.1, 0.15) is 0 Å². The first-order valence-electron chi connectivity index (χ1n) is 8.70. The van der Waals surface area contributed by atoms with Crippen LogP contribution in [0.2, 0.25) is 0 Å². The summed E-state index contributed by atoms with van der Waals surface area (Å²) >= 11 is 0. The summed E-state index contributed by atoms with van der Waals surface area (Å²) in [5.41, 5.74) is 1.33. The van der Waals surface area contributed by atoms with Gasteiger partial charge in [0.2, 0.25) is 0 Å². The standard InChI is InChI=1S/C18H33N/c1-5-6-19-16(13(2)3)18-10-14-7-15(11-18)9-17(4,8-14)12-18/h13-16,19H,5-12H2,1-4H3. The summed E-state index contributed by atoms with van der Waals surface area (Å²) in [7, 11) is 0. The minimum atomic E-state index is 0.641. The molecule has 3 atom stereocenters. The summed E-state index contributed by atoms with van der Waals surface area (Å²) in [5.74, 6) is 2.89. The molecule has 4 bridgehead atoms. The first-order chi connectivity index (χ1) is 8.96. The predicted molar refractivity (Wildman–Crippen MR) is 82.1 cm³/mol. The number of rotatable bonds is 5. The van der Waals surface area contributed by atoms with E-state index in [9.17, 15) is 0 Å². The van der Waals surface area contributed by atoms with Crippen LogP contribution in [-0.2, 0) is 0 Å². The molecule has 0 saturated heterocycles. The monoisotopic (exact) mass is 263 g/mol. The Labute approximate surface area is 119 Å². The molecule has 1 nitrogen and oxygen atoms in total. The quantitative estimate of drug-likeness (QED) is 0.763. The number of hydrogen-bond donors (Lipinski definition) is 1. The van der Waals surface area contributed by atoms with Crippen LogP contribution in [0.3, 0.4) is 0 Å². The summed E-state index contributed by atoms with van der Waals surface area (Å²) < 4.78 is 0. The van der Waals surface area contributed by atoms with Crippen molar-refractivity contribution in [2.75, 3.05) is 6.54 Å². The highest BCUT2D eigenvalue weighted by atomic mass is 14.9. The number of hydrogen-bond acceptors (Lipinski definition) is 1. The van der Waals surface area contributed by atoms with Crippen LogP contribution >= 0.6 is 0 Å². The van der Waals surface area contributed by atoms with E-state index in [1.54, 1.807) is 6.42 Å². The summed E-state index contributed by atoms with van der Waals surface area (Å²) in [5, 5.41) is 3.94. The van der Waals surface area contributed by atoms with Gasteiger partial charge in [-0.15, -0.1) is 0 Å². The van der Waals surface area contributed by atoms with Crippen molar-refractivity contribution in [3.63, 3.8) is 0 Å². The van der Waals surface area contributed by atoms with Crippen LogP contribution in [0.1, 0.15) is 72.6 Å². The fraction of sp³-hybridized carbons (Fsp3) is 1.00. The summed E-state index contributed by atoms with van der Waals surface area (Å²) in [6.07, 6.45) is 10.4. The van der Waals surface area contributed by atoms with Gasteiger partial charge in [0, 0.05) is 6.04 Å². The van der Waals surface area contributed by atoms with E-state index in [2.05, 4.69) is 33.0 Å². The Morgan fingerprint density at radius 1 is 1.11 bits per heavy atom. The SMILES string of the molecule is CCCNC(C(C)C)C12CC3CC(CC(C)(C3)C1)C2. The lowest BCUT2D eigenvalue weighted by Crippen LogP contribution is -2.60. The van der Waals surface area contributed by atoms with Gasteiger partial charge in [0.25, 0.3) is 0 Å². The highest BCUT2D eigenvalue weighted by molar-refractivity contribution is 5.10. The van der Waals surface area contributed by atoms with Gasteiger partial charge in [-0.25, -0.2) is 0 Å². The molecule has 1 heteroatoms. The van der Waals surface area contributed by atoms with Gasteiger partial charge in [-0.1, -0.05) is 27.7 Å². The molecule has 0 heterocycles. The first kappa shape index (κ1) is 13.9. The van der Waals surface area contributed by atoms with Gasteiger partial charge in [-0.3, -0.25) is 0 Å². The van der Waals surface area contributed by atoms with E-state index >= 15 is 0 Å². The Kier molecular flexibility index (Phi) is 3.48. The Bertz CT molecular complexity index is 319. The minimum absolute atomic E-state index is 0.641. The lowest BCUT2D eigenvalue weighted by atomic mass is 9.42. The molecule has 4 fully saturated rings. The third-order valence-corrected chi connectivity index (χ3v) is 6.34. The van der Waals surface area contributed by atoms with E-state index in [1.165, 1.54) is 45.1 Å². The average molecular weight is 263 g/mol. The summed E-state index contributed by atoms with van der Waals surface area (Å²) in [4.78, 5) is 0. The van der Waals surface area contributed by atoms with E-state index in [-0.39, 0.29) is 0 Å². The van der Waals surface area contributed by atoms with E-state index in [4.69, 9.17) is 0 Å². The zero-order valence-electron chi connectivity index (χ0n) is 13.5. The maximum Gasteiger partial charge on any atom is 0.0147 e. The van der Waals surface area contributed by atoms with Gasteiger partial charge in [-0.05, 0) is 80.1 Å². The van der Waals surface area contributed by atoms with Crippen LogP contribution in [0.15, 0.2) is 0 Å². The van der Waals surface area contributed by atoms with Gasteiger partial charge >= 0.3 is 0 Å². The third kappa shape index (κ3) is 2.37. The van der Waals surface area contributed by atoms with Crippen LogP contribution in [0.5, 0.6) is 0 Å². The van der Waals surface area contributed by atoms with Crippen molar-refractivity contribution in [3.05, 3.63) is 0 Å². The zero-order chi connectivity index (χ0) is 13.7. The molecule has 0 aromatic rings. The predicted octanol–water partition coefficient (Wildman–Crippen LogP) is 4.62. The van der Waals surface area contributed by atoms with E-state index in [0.29, 0.717) is 10.8 Å². The molecule has 4 rings (SSSR count). The van der Waals surface area contributed by atoms with Crippen molar-refractivity contribution in [3.8, 4) is 0 Å². The van der Waals surface area contributed by atoms with Gasteiger partial charge in [0.15, 0.2) is 0 Å². The van der Waals surface area contributed by atoms with Crippen molar-refractivity contribution in [1.29, 1.82) is 0 Å². The molecule has 3 unspecified atom stereocenters. The molecule has 4 aliphatic rings. The molecular weight excluding hydrogens is 230 g/mol.